The predicted octanol–water partition coefficient (Wildman–Crippen LogP) is 14.7. The molecule has 1 N–H and O–H groups in total. The van der Waals surface area contributed by atoms with Gasteiger partial charge in [0.2, 0.25) is 0 Å². The van der Waals surface area contributed by atoms with Gasteiger partial charge in [0.15, 0.2) is 0 Å². The van der Waals surface area contributed by atoms with Crippen molar-refractivity contribution in [3.63, 3.8) is 0 Å². The number of aliphatic imine (C=N–C) groups is 3. The van der Waals surface area contributed by atoms with Gasteiger partial charge in [-0.1, -0.05) is 226 Å². The number of esters is 3. The fourth-order valence-electron chi connectivity index (χ4n) is 9.25. The molecule has 7 aromatic rings. The van der Waals surface area contributed by atoms with Crippen LogP contribution in [0.15, 0.2) is 240 Å². The molecule has 0 saturated carbocycles. The van der Waals surface area contributed by atoms with E-state index in [2.05, 4.69) is 101 Å². The Balaban J connectivity index is 0.000000262. The van der Waals surface area contributed by atoms with Crippen LogP contribution in [0.4, 0.5) is 0 Å². The van der Waals surface area contributed by atoms with Gasteiger partial charge in [-0.25, -0.2) is 9.59 Å². The summed E-state index contributed by atoms with van der Waals surface area (Å²) >= 11 is 0. The summed E-state index contributed by atoms with van der Waals surface area (Å²) in [6, 6.07) is 70.2. The SMILES string of the molecule is C.C=CC(=O)OCC.CC(=O)CC[C@H](N=C(c1ccccc1)c1ccccc1)C(=O)OC(C)(C)C.CC(C)(C)OC(=O)CN=C(c1ccccc1)c1ccccc1.CN1C(=N[C@H](CO)Cc2ccccc2)C[C@@H](c2ccccc2)[C@@H]1c1ccccc1. The van der Waals surface area contributed by atoms with Crippen molar-refractivity contribution in [2.24, 2.45) is 15.0 Å². The second kappa shape index (κ2) is 36.1. The maximum absolute atomic E-state index is 12.7. The number of hydrogen-bond acceptors (Lipinski definition) is 11. The molecule has 452 valence electrons. The van der Waals surface area contributed by atoms with Crippen LogP contribution in [0.2, 0.25) is 0 Å². The van der Waals surface area contributed by atoms with E-state index in [9.17, 15) is 24.3 Å². The van der Waals surface area contributed by atoms with Crippen LogP contribution in [0, 0.1) is 0 Å². The van der Waals surface area contributed by atoms with Gasteiger partial charge in [-0.15, -0.1) is 0 Å². The number of Topliss-reactive ketones (excluding diaryl/α,β-unsaturated/α-hetero) is 1. The van der Waals surface area contributed by atoms with E-state index >= 15 is 0 Å². The predicted molar refractivity (Wildman–Crippen MR) is 350 cm³/mol. The number of amidine groups is 1. The molecule has 7 aromatic carbocycles. The fraction of sp³-hybridized carbons (Fsp3) is 0.311. The Labute approximate surface area is 511 Å². The molecule has 8 rings (SSSR count). The van der Waals surface area contributed by atoms with Crippen molar-refractivity contribution in [3.05, 3.63) is 264 Å². The molecule has 1 saturated heterocycles. The molecule has 1 heterocycles. The molecular weight excluding hydrogens is 1070 g/mol. The van der Waals surface area contributed by atoms with Gasteiger partial charge in [0.1, 0.15) is 35.4 Å². The number of aliphatic hydroxyl groups excluding tert-OH is 1. The molecule has 1 aliphatic heterocycles. The molecule has 0 aromatic heterocycles. The van der Waals surface area contributed by atoms with E-state index in [1.54, 1.807) is 6.92 Å². The number of benzene rings is 7. The Morgan fingerprint density at radius 1 is 0.628 bits per heavy atom. The minimum atomic E-state index is -0.733. The van der Waals surface area contributed by atoms with Gasteiger partial charge < -0.3 is 29.0 Å². The number of carbonyl (C=O) groups excluding carboxylic acids is 4. The number of rotatable bonds is 19. The van der Waals surface area contributed by atoms with E-state index < -0.39 is 23.2 Å². The highest BCUT2D eigenvalue weighted by Crippen LogP contribution is 2.44. The molecule has 12 nitrogen and oxygen atoms in total. The van der Waals surface area contributed by atoms with Crippen molar-refractivity contribution >= 4 is 41.0 Å². The summed E-state index contributed by atoms with van der Waals surface area (Å²) < 4.78 is 15.3. The third-order valence-corrected chi connectivity index (χ3v) is 13.0. The van der Waals surface area contributed by atoms with E-state index in [0.717, 1.165) is 58.4 Å². The lowest BCUT2D eigenvalue weighted by atomic mass is 9.87. The summed E-state index contributed by atoms with van der Waals surface area (Å²) in [7, 11) is 2.14. The summed E-state index contributed by atoms with van der Waals surface area (Å²) in [6.07, 6.45) is 3.38. The number of ketones is 1. The number of likely N-dealkylation sites (N-methyl/N-ethyl adjacent to an activating group) is 1. The van der Waals surface area contributed by atoms with Crippen molar-refractivity contribution in [1.29, 1.82) is 0 Å². The number of likely N-dealkylation sites (tertiary alicyclic amines) is 1. The highest BCUT2D eigenvalue weighted by molar-refractivity contribution is 6.14. The number of ether oxygens (including phenoxy) is 3. The van der Waals surface area contributed by atoms with Gasteiger partial charge >= 0.3 is 17.9 Å². The number of nitrogens with zero attached hydrogens (tertiary/aromatic N) is 4. The lowest BCUT2D eigenvalue weighted by Crippen LogP contribution is -2.32. The third kappa shape index (κ3) is 24.4. The van der Waals surface area contributed by atoms with Crippen LogP contribution < -0.4 is 0 Å². The molecule has 0 unspecified atom stereocenters. The Kier molecular flexibility index (Phi) is 29.2. The summed E-state index contributed by atoms with van der Waals surface area (Å²) in [5.74, 6) is 0.355. The van der Waals surface area contributed by atoms with E-state index in [1.807, 2.05) is 181 Å². The monoisotopic (exact) mass is 1160 g/mol. The molecule has 1 fully saturated rings. The number of carbonyl (C=O) groups is 4. The Morgan fingerprint density at radius 3 is 1.44 bits per heavy atom. The van der Waals surface area contributed by atoms with Gasteiger partial charge in [0.05, 0.1) is 36.7 Å². The fourth-order valence-corrected chi connectivity index (χ4v) is 9.25. The lowest BCUT2D eigenvalue weighted by molar-refractivity contribution is -0.156. The first-order chi connectivity index (χ1) is 40.8. The molecule has 0 aliphatic carbocycles. The summed E-state index contributed by atoms with van der Waals surface area (Å²) in [5.41, 5.74) is 8.06. The summed E-state index contributed by atoms with van der Waals surface area (Å²) in [6.45, 7) is 18.0. The zero-order valence-corrected chi connectivity index (χ0v) is 50.8. The molecule has 0 spiro atoms. The zero-order valence-electron chi connectivity index (χ0n) is 50.8. The highest BCUT2D eigenvalue weighted by atomic mass is 16.6. The van der Waals surface area contributed by atoms with E-state index in [0.29, 0.717) is 18.9 Å². The topological polar surface area (TPSA) is 157 Å². The average molecular weight is 1160 g/mol. The van der Waals surface area contributed by atoms with Crippen LogP contribution in [-0.4, -0.2) is 101 Å². The molecule has 0 bridgehead atoms. The highest BCUT2D eigenvalue weighted by Gasteiger charge is 2.38. The zero-order chi connectivity index (χ0) is 61.6. The van der Waals surface area contributed by atoms with E-state index in [-0.39, 0.29) is 56.8 Å². The number of hydrogen-bond donors (Lipinski definition) is 1. The average Bonchev–Trinajstić information content (AvgIpc) is 1.95. The van der Waals surface area contributed by atoms with Gasteiger partial charge in [0, 0.05) is 54.1 Å². The second-order valence-corrected chi connectivity index (χ2v) is 22.2. The quantitative estimate of drug-likeness (QED) is 0.0360. The molecule has 0 radical (unpaired) electrons. The Morgan fingerprint density at radius 2 is 1.05 bits per heavy atom. The first-order valence-electron chi connectivity index (χ1n) is 28.9. The maximum Gasteiger partial charge on any atom is 0.331 e. The first-order valence-corrected chi connectivity index (χ1v) is 28.9. The van der Waals surface area contributed by atoms with Crippen molar-refractivity contribution in [2.45, 2.75) is 124 Å². The van der Waals surface area contributed by atoms with Crippen LogP contribution in [-0.2, 0) is 39.8 Å². The molecule has 4 atom stereocenters. The van der Waals surface area contributed by atoms with Crippen LogP contribution >= 0.6 is 0 Å². The summed E-state index contributed by atoms with van der Waals surface area (Å²) in [4.78, 5) is 62.8. The first kappa shape index (κ1) is 69.6. The van der Waals surface area contributed by atoms with Crippen LogP contribution in [0.5, 0.6) is 0 Å². The maximum atomic E-state index is 12.7. The minimum Gasteiger partial charge on any atom is -0.463 e. The lowest BCUT2D eigenvalue weighted by Gasteiger charge is -2.27. The second-order valence-electron chi connectivity index (χ2n) is 22.2. The van der Waals surface area contributed by atoms with Crippen molar-refractivity contribution in [2.75, 3.05) is 26.8 Å². The van der Waals surface area contributed by atoms with Gasteiger partial charge in [-0.3, -0.25) is 19.8 Å². The van der Waals surface area contributed by atoms with E-state index in [4.69, 9.17) is 19.5 Å². The molecule has 86 heavy (non-hydrogen) atoms. The Bertz CT molecular complexity index is 3130. The van der Waals surface area contributed by atoms with Crippen LogP contribution in [0.25, 0.3) is 0 Å². The number of aliphatic hydroxyl groups is 1. The molecule has 12 heteroatoms. The summed E-state index contributed by atoms with van der Waals surface area (Å²) in [5, 5.41) is 9.97. The van der Waals surface area contributed by atoms with Crippen LogP contribution in [0.1, 0.15) is 133 Å². The van der Waals surface area contributed by atoms with Crippen LogP contribution in [0.3, 0.4) is 0 Å². The van der Waals surface area contributed by atoms with Crippen molar-refractivity contribution in [3.8, 4) is 0 Å². The van der Waals surface area contributed by atoms with E-state index in [1.165, 1.54) is 23.6 Å². The minimum absolute atomic E-state index is 0. The largest absolute Gasteiger partial charge is 0.463 e. The van der Waals surface area contributed by atoms with Gasteiger partial charge in [-0.05, 0) is 84.9 Å². The van der Waals surface area contributed by atoms with Gasteiger partial charge in [0.25, 0.3) is 0 Å². The Hall–Kier alpha value is -8.87. The molecule has 0 amide bonds. The van der Waals surface area contributed by atoms with Crippen molar-refractivity contribution < 1.29 is 38.5 Å². The molecular formula is C74H88N4O8. The normalized spacial score (nSPS) is 14.4. The standard InChI is InChI=1S/C26H28N2O.C23H27NO3.C19H21NO2.C5H8O2.CH4/c1-28-25(27-23(19-29)17-20-11-5-2-6-12-20)18-24(21-13-7-3-8-14-21)26(28)22-15-9-4-10-16-22;1-17(25)15-16-20(22(26)27-23(2,3)4)24-21(18-11-7-5-8-12-18)19-13-9-6-10-14-19;1-19(2,3)22-17(21)14-20-18(15-10-6-4-7-11-15)16-12-8-5-9-13-16;1-3-5(6)7-4-2;/h2-16,23-24,26,29H,17-19H2,1H3;5-14,20H,15-16H2,1-4H3;4-13H,14H2,1-3H3;3H,1,4H2,2H3;1H4/t23-,24-,26-;20-;;;/m00.../s1. The molecule has 1 aliphatic rings. The third-order valence-electron chi connectivity index (χ3n) is 13.0. The van der Waals surface area contributed by atoms with Gasteiger partial charge in [-0.2, -0.15) is 0 Å². The van der Waals surface area contributed by atoms with Crippen molar-refractivity contribution in [1.82, 2.24) is 4.90 Å². The smallest absolute Gasteiger partial charge is 0.331 e.